The second-order valence-electron chi connectivity index (χ2n) is 47.9. The highest BCUT2D eigenvalue weighted by atomic mass is 32.2. The smallest absolute Gasteiger partial charge is 0.178 e. The number of fused-ring (bicyclic) bond motifs is 24. The van der Waals surface area contributed by atoms with E-state index in [9.17, 15) is 74.1 Å². The van der Waals surface area contributed by atoms with Crippen LogP contribution in [0.1, 0.15) is 218 Å². The molecule has 5 heterocycles. The molecule has 17 aliphatic rings. The molecule has 1 saturated heterocycles. The fourth-order valence-corrected chi connectivity index (χ4v) is 38.0. The Morgan fingerprint density at radius 3 is 1.24 bits per heavy atom. The number of carbonyl (C=O) groups excluding carboxylic acids is 8. The number of hydrogen-bond acceptors (Lipinski definition) is 25. The lowest BCUT2D eigenvalue weighted by Gasteiger charge is -2.59. The number of rotatable bonds is 20. The van der Waals surface area contributed by atoms with Gasteiger partial charge in [-0.2, -0.15) is 0 Å². The molecule has 0 spiro atoms. The van der Waals surface area contributed by atoms with Crippen molar-refractivity contribution in [3.05, 3.63) is 192 Å². The van der Waals surface area contributed by atoms with Crippen molar-refractivity contribution in [2.24, 2.45) is 126 Å². The molecule has 0 bridgehead atoms. The third-order valence-corrected chi connectivity index (χ3v) is 44.9. The van der Waals surface area contributed by atoms with Gasteiger partial charge in [0, 0.05) is 92.0 Å². The van der Waals surface area contributed by atoms with Crippen molar-refractivity contribution in [1.82, 2.24) is 29.1 Å². The number of ketones is 8. The van der Waals surface area contributed by atoms with Crippen LogP contribution in [0.25, 0.3) is 22.1 Å². The third kappa shape index (κ3) is 16.5. The number of carbonyl (C=O) groups is 8. The van der Waals surface area contributed by atoms with Crippen LogP contribution < -0.4 is 0 Å². The van der Waals surface area contributed by atoms with Gasteiger partial charge in [-0.3, -0.25) is 38.4 Å². The molecule has 7 N–H and O–H groups in total. The van der Waals surface area contributed by atoms with E-state index < -0.39 is 74.8 Å². The molecule has 13 fully saturated rings. The van der Waals surface area contributed by atoms with Crippen LogP contribution >= 0.6 is 47.0 Å². The average Bonchev–Trinajstić information content (AvgIpc) is 1.52. The van der Waals surface area contributed by atoms with Crippen LogP contribution in [0.15, 0.2) is 207 Å². The fraction of sp³-hybridized carbons (Fsp3) is 0.597. The van der Waals surface area contributed by atoms with Crippen molar-refractivity contribution in [1.29, 1.82) is 0 Å². The van der Waals surface area contributed by atoms with E-state index in [1.807, 2.05) is 145 Å². The van der Waals surface area contributed by atoms with Crippen molar-refractivity contribution in [3.8, 4) is 0 Å². The zero-order chi connectivity index (χ0) is 104. The molecule has 0 radical (unpaired) electrons. The summed E-state index contributed by atoms with van der Waals surface area (Å²) in [6.07, 6.45) is 33.7. The maximum atomic E-state index is 14.6. The number of imidazole rings is 2. The summed E-state index contributed by atoms with van der Waals surface area (Å²) in [4.78, 5) is 122. The molecule has 2 aromatic carbocycles. The van der Waals surface area contributed by atoms with Gasteiger partial charge in [-0.05, 0) is 293 Å². The third-order valence-electron chi connectivity index (χ3n) is 41.1. The lowest BCUT2D eigenvalue weighted by atomic mass is 9.46. The van der Waals surface area contributed by atoms with Crippen molar-refractivity contribution in [2.45, 2.75) is 312 Å². The number of aliphatic hydroxyl groups excluding tert-OH is 4. The standard InChI is InChI=1S/C34H42N2O5S.C31H38N2O4S.2C27H33NO4S/c1-5-9-29-40-28-17-23-22-13-12-20-16-21(37)14-15-32(20,3)30(22)26(38)18-33(23,4)34(28,41-29)27(39)19-42-31-35-24-10-7-8-11-25(24)36(31)6-2;1-5-33-24-9-7-6-8-23(24)32-28(33)38-17-26(36)31(37)18(2)14-22-21-11-10-19-15-20(34)12-13-29(19,3)27(21)25(35)16-30(22,31)4;1-16-5-4-6-23(28-16)33-15-22(31)27(32)12-10-20-19-8-7-17-13-18(29)9-11-25(17,2)24(19)21(30)14-26(20,27)3;1-16-12-20-19-8-7-17-13-18(29)9-10-25(17,2)24(19)21(30)14-26(20,3)27(16,32)22(31)15-33-23-6-4-5-11-28-23/h7-8,10-11,14-16,22-23,26,28-30,38H,5-6,9,12-13,17-19H2,1-4H3;6-9,12-13,15,18,21-22,25,27,35,37H,5,10-11,14,16-17H2,1-4H3;4-6,9,11,13,19-21,24,30,32H,7-8,10,12,14-15H2,1-3H3;4-6,9-11,13,16,19-21,24,30,32H,7-8,12,14-15H2,1-3H3/t22?,23?,26-,28+,29+,30?,32?,33?,34+;18-,21?,22?,25+,27?,29?,30?,31+;19?,20?,21-,24?,25?,26?,27-;16-,19?,20?,21+,24?,25?,26?,27+/m0101/s1. The number of nitrogens with zero attached hydrogens (tertiary/aromatic N) is 6. The van der Waals surface area contributed by atoms with Crippen LogP contribution in [0.2, 0.25) is 0 Å². The highest BCUT2D eigenvalue weighted by Crippen LogP contribution is 2.75. The number of hydrogen-bond donors (Lipinski definition) is 7. The molecule has 16 aliphatic carbocycles. The summed E-state index contributed by atoms with van der Waals surface area (Å²) < 4.78 is 17.7. The maximum Gasteiger partial charge on any atom is 0.178 e. The van der Waals surface area contributed by atoms with Gasteiger partial charge < -0.3 is 54.4 Å². The van der Waals surface area contributed by atoms with Gasteiger partial charge in [0.25, 0.3) is 0 Å². The van der Waals surface area contributed by atoms with Crippen molar-refractivity contribution < 1.29 is 83.6 Å². The summed E-state index contributed by atoms with van der Waals surface area (Å²) in [5.41, 5.74) is -0.185. The molecular weight excluding hydrogens is 1910 g/mol. The minimum Gasteiger partial charge on any atom is -0.393 e. The van der Waals surface area contributed by atoms with E-state index in [-0.39, 0.29) is 180 Å². The molecule has 146 heavy (non-hydrogen) atoms. The van der Waals surface area contributed by atoms with Crippen molar-refractivity contribution in [2.75, 3.05) is 23.0 Å². The Balaban J connectivity index is 0.000000119. The number of thioether (sulfide) groups is 4. The van der Waals surface area contributed by atoms with Crippen LogP contribution in [0, 0.1) is 133 Å². The van der Waals surface area contributed by atoms with E-state index >= 15 is 0 Å². The minimum absolute atomic E-state index is 0.00301. The molecule has 12 saturated carbocycles. The van der Waals surface area contributed by atoms with E-state index in [0.29, 0.717) is 32.1 Å². The first kappa shape index (κ1) is 105. The summed E-state index contributed by atoms with van der Waals surface area (Å²) in [7, 11) is 0. The predicted molar refractivity (Wildman–Crippen MR) is 566 cm³/mol. The molecule has 4 aromatic heterocycles. The number of pyridine rings is 2. The van der Waals surface area contributed by atoms with E-state index in [1.165, 1.54) is 47.0 Å². The summed E-state index contributed by atoms with van der Waals surface area (Å²) in [6.45, 7) is 30.6. The quantitative estimate of drug-likeness (QED) is 0.0349. The highest BCUT2D eigenvalue weighted by molar-refractivity contribution is 8.00. The Morgan fingerprint density at radius 2 is 0.815 bits per heavy atom. The van der Waals surface area contributed by atoms with E-state index in [1.54, 1.807) is 54.8 Å². The van der Waals surface area contributed by atoms with Gasteiger partial charge in [-0.25, -0.2) is 19.9 Å². The summed E-state index contributed by atoms with van der Waals surface area (Å²) in [6, 6.07) is 27.4. The van der Waals surface area contributed by atoms with Gasteiger partial charge in [0.15, 0.2) is 68.5 Å². The zero-order valence-corrected chi connectivity index (χ0v) is 90.1. The first-order valence-electron chi connectivity index (χ1n) is 53.8. The molecule has 1 aliphatic heterocycles. The normalized spacial score (nSPS) is 41.4. The Labute approximate surface area is 874 Å². The minimum atomic E-state index is -1.50. The van der Waals surface area contributed by atoms with Crippen molar-refractivity contribution >= 4 is 115 Å². The Bertz CT molecular complexity index is 6500. The molecule has 0 amide bonds. The van der Waals surface area contributed by atoms with Gasteiger partial charge in [0.05, 0.1) is 85.6 Å². The highest BCUT2D eigenvalue weighted by Gasteiger charge is 2.78. The first-order chi connectivity index (χ1) is 69.4. The van der Waals surface area contributed by atoms with E-state index in [2.05, 4.69) is 80.6 Å². The molecule has 32 atom stereocenters. The van der Waals surface area contributed by atoms with Crippen LogP contribution in [0.3, 0.4) is 0 Å². The van der Waals surface area contributed by atoms with Gasteiger partial charge in [0.1, 0.15) is 16.8 Å². The van der Waals surface area contributed by atoms with Crippen molar-refractivity contribution in [3.63, 3.8) is 0 Å². The number of Topliss-reactive ketones (excluding diaryl/α,β-unsaturated/α-hetero) is 4. The van der Waals surface area contributed by atoms with Crippen LogP contribution in [-0.2, 0) is 60.9 Å². The average molecular weight is 2060 g/mol. The summed E-state index contributed by atoms with van der Waals surface area (Å²) >= 11 is 5.62. The van der Waals surface area contributed by atoms with Gasteiger partial charge in [-0.1, -0.05) is 213 Å². The topological polar surface area (TPSA) is 358 Å². The molecular formula is C119H146N6O17S4. The fourth-order valence-electron chi connectivity index (χ4n) is 34.3. The van der Waals surface area contributed by atoms with Gasteiger partial charge in [0.2, 0.25) is 0 Å². The van der Waals surface area contributed by atoms with E-state index in [4.69, 9.17) is 19.4 Å². The monoisotopic (exact) mass is 2060 g/mol. The largest absolute Gasteiger partial charge is 0.393 e. The number of aromatic nitrogens is 6. The SMILES string of the molecule is CCC[C@@H]1O[C@@H]2CC3C4CCC5=CC(=O)C=CC5(C)C4[C@@H](O)CC3(C)[C@]2(C(=O)CSc2nc3ccccc3n2CC)O1.CCn1c(SCC(=O)[C@@]2(O)[C@H](C)CC3C4CCC5=CC(=O)C=CC5(C)C4[C@@H](O)CC32C)nc2ccccc21.C[C@@H]1CC2C3CCC4=CC(=O)C=CC4(C)C3[C@@H](O)CC2(C)[C@@]1(O)C(=O)CSc1ccccn1.Cc1cccc(SCC(=O)[C@@]2(O)CCC3C4CCC5=CC(=O)C=CC5(C)C4[C@@H](O)CC32C)n1. The Morgan fingerprint density at radius 1 is 0.432 bits per heavy atom. The number of ether oxygens (including phenoxy) is 2. The molecule has 27 heteroatoms. The predicted octanol–water partition coefficient (Wildman–Crippen LogP) is 18.9. The second-order valence-corrected chi connectivity index (χ2v) is 51.7. The first-order valence-corrected chi connectivity index (χ1v) is 57.7. The van der Waals surface area contributed by atoms with Crippen LogP contribution in [-0.4, -0.2) is 193 Å². The zero-order valence-electron chi connectivity index (χ0n) is 86.8. The van der Waals surface area contributed by atoms with Crippen LogP contribution in [0.5, 0.6) is 0 Å². The lowest BCUT2D eigenvalue weighted by Crippen LogP contribution is -2.63. The lowest BCUT2D eigenvalue weighted by molar-refractivity contribution is -0.197. The van der Waals surface area contributed by atoms with E-state index in [0.717, 1.165) is 173 Å². The number of aliphatic hydroxyl groups is 7. The second kappa shape index (κ2) is 39.0. The molecule has 20 unspecified atom stereocenters. The Kier molecular flexibility index (Phi) is 28.0. The number of para-hydroxylation sites is 4. The van der Waals surface area contributed by atoms with Crippen LogP contribution in [0.4, 0.5) is 0 Å². The number of allylic oxidation sites excluding steroid dienone is 16. The van der Waals surface area contributed by atoms with Gasteiger partial charge >= 0.3 is 0 Å². The molecule has 23 rings (SSSR count). The number of aryl methyl sites for hydroxylation is 3. The number of benzene rings is 2. The molecule has 6 aromatic rings. The molecule has 23 nitrogen and oxygen atoms in total. The molecule has 778 valence electrons. The Hall–Kier alpha value is -8.00. The summed E-state index contributed by atoms with van der Waals surface area (Å²) in [5, 5.41) is 85.9. The summed E-state index contributed by atoms with van der Waals surface area (Å²) in [5.74, 6) is 1.45. The maximum absolute atomic E-state index is 14.6. The van der Waals surface area contributed by atoms with Gasteiger partial charge in [-0.15, -0.1) is 0 Å².